The molecule has 0 spiro atoms. The highest BCUT2D eigenvalue weighted by Crippen LogP contribution is 2.48. The number of nitrogens with one attached hydrogen (secondary N) is 1. The second-order valence-electron chi connectivity index (χ2n) is 6.92. The van der Waals surface area contributed by atoms with Crippen LogP contribution in [0, 0.1) is 0 Å². The van der Waals surface area contributed by atoms with Crippen LogP contribution in [0.3, 0.4) is 0 Å². The zero-order valence-corrected chi connectivity index (χ0v) is 16.3. The number of rotatable bonds is 8. The first-order valence-corrected chi connectivity index (χ1v) is 9.66. The summed E-state index contributed by atoms with van der Waals surface area (Å²) in [6.07, 6.45) is 2.87. The lowest BCUT2D eigenvalue weighted by molar-refractivity contribution is -0.123. The Hall–Kier alpha value is -1.65. The fourth-order valence-electron chi connectivity index (χ4n) is 3.23. The number of hydrogen-bond acceptors (Lipinski definition) is 2. The van der Waals surface area contributed by atoms with Crippen LogP contribution in [0.5, 0.6) is 0 Å². The molecule has 3 rings (SSSR count). The first-order valence-electron chi connectivity index (χ1n) is 8.87. The van der Waals surface area contributed by atoms with Crippen LogP contribution in [0.4, 0.5) is 0 Å². The molecule has 0 radical (unpaired) electrons. The van der Waals surface area contributed by atoms with Crippen molar-refractivity contribution in [1.82, 2.24) is 10.2 Å². The van der Waals surface area contributed by atoms with Crippen molar-refractivity contribution >= 4 is 21.8 Å². The van der Waals surface area contributed by atoms with Gasteiger partial charge in [-0.1, -0.05) is 58.4 Å². The topological polar surface area (TPSA) is 32.3 Å². The normalized spacial score (nSPS) is 15.2. The Labute approximate surface area is 158 Å². The molecule has 0 aromatic heterocycles. The Bertz CT molecular complexity index is 696. The molecule has 0 heterocycles. The van der Waals surface area contributed by atoms with Gasteiger partial charge in [0.2, 0.25) is 5.91 Å². The second kappa shape index (κ2) is 8.15. The number of nitrogens with zero attached hydrogens (tertiary/aromatic N) is 1. The van der Waals surface area contributed by atoms with Gasteiger partial charge >= 0.3 is 0 Å². The van der Waals surface area contributed by atoms with Gasteiger partial charge in [0.1, 0.15) is 0 Å². The third kappa shape index (κ3) is 4.71. The summed E-state index contributed by atoms with van der Waals surface area (Å²) in [5, 5.41) is 3.14. The first kappa shape index (κ1) is 18.2. The monoisotopic (exact) mass is 400 g/mol. The molecular weight excluding hydrogens is 376 g/mol. The summed E-state index contributed by atoms with van der Waals surface area (Å²) < 4.78 is 1.05. The highest BCUT2D eigenvalue weighted by molar-refractivity contribution is 9.10. The zero-order chi connectivity index (χ0) is 17.7. The third-order valence-electron chi connectivity index (χ3n) is 4.88. The molecule has 132 valence electrons. The molecule has 1 saturated carbocycles. The Kier molecular flexibility index (Phi) is 5.92. The Morgan fingerprint density at radius 2 is 1.80 bits per heavy atom. The summed E-state index contributed by atoms with van der Waals surface area (Å²) in [5.74, 6) is 0.181. The highest BCUT2D eigenvalue weighted by atomic mass is 79.9. The van der Waals surface area contributed by atoms with Crippen LogP contribution in [0.15, 0.2) is 59.1 Å². The van der Waals surface area contributed by atoms with E-state index in [9.17, 15) is 4.79 Å². The molecule has 1 amide bonds. The van der Waals surface area contributed by atoms with Gasteiger partial charge in [0.15, 0.2) is 0 Å². The molecule has 0 atom stereocenters. The fraction of sp³-hybridized carbons (Fsp3) is 0.381. The van der Waals surface area contributed by atoms with Crippen LogP contribution >= 0.6 is 15.9 Å². The van der Waals surface area contributed by atoms with Gasteiger partial charge in [-0.3, -0.25) is 4.79 Å². The van der Waals surface area contributed by atoms with Crippen molar-refractivity contribution in [3.05, 3.63) is 70.2 Å². The fourth-order valence-corrected chi connectivity index (χ4v) is 3.50. The molecule has 3 nitrogen and oxygen atoms in total. The van der Waals surface area contributed by atoms with Gasteiger partial charge in [0.05, 0.1) is 5.41 Å². The second-order valence-corrected chi connectivity index (χ2v) is 7.84. The minimum absolute atomic E-state index is 0.181. The van der Waals surface area contributed by atoms with Crippen molar-refractivity contribution < 1.29 is 4.79 Å². The van der Waals surface area contributed by atoms with Gasteiger partial charge in [-0.15, -0.1) is 0 Å². The Morgan fingerprint density at radius 3 is 2.44 bits per heavy atom. The summed E-state index contributed by atoms with van der Waals surface area (Å²) in [4.78, 5) is 14.9. The molecule has 1 aliphatic carbocycles. The number of halogens is 1. The van der Waals surface area contributed by atoms with E-state index >= 15 is 0 Å². The van der Waals surface area contributed by atoms with Crippen LogP contribution in [0.2, 0.25) is 0 Å². The van der Waals surface area contributed by atoms with E-state index in [1.807, 2.05) is 18.2 Å². The maximum absolute atomic E-state index is 12.6. The molecular formula is C21H25BrN2O. The van der Waals surface area contributed by atoms with Gasteiger partial charge < -0.3 is 10.2 Å². The number of amides is 1. The van der Waals surface area contributed by atoms with E-state index < -0.39 is 0 Å². The lowest BCUT2D eigenvalue weighted by atomic mass is 9.95. The summed E-state index contributed by atoms with van der Waals surface area (Å²) in [6.45, 7) is 2.65. The molecule has 1 fully saturated rings. The summed E-state index contributed by atoms with van der Waals surface area (Å²) in [6, 6.07) is 18.6. The molecule has 0 aliphatic heterocycles. The number of carbonyl (C=O) groups excluding carboxylic acids is 1. The van der Waals surface area contributed by atoms with Crippen molar-refractivity contribution in [1.29, 1.82) is 0 Å². The smallest absolute Gasteiger partial charge is 0.230 e. The van der Waals surface area contributed by atoms with E-state index in [2.05, 4.69) is 69.6 Å². The maximum Gasteiger partial charge on any atom is 0.230 e. The third-order valence-corrected chi connectivity index (χ3v) is 5.41. The maximum atomic E-state index is 12.6. The van der Waals surface area contributed by atoms with E-state index in [0.717, 1.165) is 48.9 Å². The molecule has 0 bridgehead atoms. The van der Waals surface area contributed by atoms with E-state index in [-0.39, 0.29) is 11.3 Å². The Balaban J connectivity index is 1.41. The van der Waals surface area contributed by atoms with Gasteiger partial charge in [-0.2, -0.15) is 0 Å². The SMILES string of the molecule is CN(CCCNC(=O)C1(c2ccc(Br)cc2)CC1)Cc1ccccc1. The standard InChI is InChI=1S/C21H25BrN2O/c1-24(16-17-6-3-2-4-7-17)15-5-14-23-20(25)21(12-13-21)18-8-10-19(22)11-9-18/h2-4,6-11H,5,12-16H2,1H3,(H,23,25). The Morgan fingerprint density at radius 1 is 1.12 bits per heavy atom. The van der Waals surface area contributed by atoms with Gasteiger partial charge in [0, 0.05) is 17.6 Å². The highest BCUT2D eigenvalue weighted by Gasteiger charge is 2.50. The van der Waals surface area contributed by atoms with Crippen LogP contribution in [0.1, 0.15) is 30.4 Å². The van der Waals surface area contributed by atoms with E-state index in [0.29, 0.717) is 0 Å². The lowest BCUT2D eigenvalue weighted by Gasteiger charge is -2.18. The minimum Gasteiger partial charge on any atom is -0.355 e. The summed E-state index contributed by atoms with van der Waals surface area (Å²) in [5.41, 5.74) is 2.17. The molecule has 0 saturated heterocycles. The number of hydrogen-bond donors (Lipinski definition) is 1. The van der Waals surface area contributed by atoms with Gasteiger partial charge in [-0.05, 0) is 56.1 Å². The van der Waals surface area contributed by atoms with Crippen molar-refractivity contribution in [2.75, 3.05) is 20.1 Å². The van der Waals surface area contributed by atoms with Gasteiger partial charge in [0.25, 0.3) is 0 Å². The van der Waals surface area contributed by atoms with Crippen molar-refractivity contribution in [2.45, 2.75) is 31.2 Å². The molecule has 1 aliphatic rings. The molecule has 4 heteroatoms. The predicted octanol–water partition coefficient (Wildman–Crippen LogP) is 4.12. The zero-order valence-electron chi connectivity index (χ0n) is 14.7. The predicted molar refractivity (Wildman–Crippen MR) is 105 cm³/mol. The van der Waals surface area contributed by atoms with E-state index in [1.54, 1.807) is 0 Å². The quantitative estimate of drug-likeness (QED) is 0.675. The molecule has 1 N–H and O–H groups in total. The number of benzene rings is 2. The van der Waals surface area contributed by atoms with Crippen molar-refractivity contribution in [2.24, 2.45) is 0 Å². The average Bonchev–Trinajstić information content (AvgIpc) is 3.42. The minimum atomic E-state index is -0.281. The van der Waals surface area contributed by atoms with Crippen molar-refractivity contribution in [3.63, 3.8) is 0 Å². The largest absolute Gasteiger partial charge is 0.355 e. The lowest BCUT2D eigenvalue weighted by Crippen LogP contribution is -2.36. The molecule has 0 unspecified atom stereocenters. The van der Waals surface area contributed by atoms with Crippen LogP contribution < -0.4 is 5.32 Å². The first-order chi connectivity index (χ1) is 12.1. The summed E-state index contributed by atoms with van der Waals surface area (Å²) in [7, 11) is 2.12. The van der Waals surface area contributed by atoms with Crippen molar-refractivity contribution in [3.8, 4) is 0 Å². The van der Waals surface area contributed by atoms with Crippen LogP contribution in [-0.4, -0.2) is 30.9 Å². The molecule has 2 aromatic carbocycles. The van der Waals surface area contributed by atoms with E-state index in [1.165, 1.54) is 5.56 Å². The average molecular weight is 401 g/mol. The van der Waals surface area contributed by atoms with Gasteiger partial charge in [-0.25, -0.2) is 0 Å². The molecule has 2 aromatic rings. The number of carbonyl (C=O) groups is 1. The van der Waals surface area contributed by atoms with Crippen LogP contribution in [0.25, 0.3) is 0 Å². The summed E-state index contributed by atoms with van der Waals surface area (Å²) >= 11 is 3.45. The van der Waals surface area contributed by atoms with E-state index in [4.69, 9.17) is 0 Å². The molecule has 25 heavy (non-hydrogen) atoms. The van der Waals surface area contributed by atoms with Crippen LogP contribution in [-0.2, 0) is 16.8 Å².